The molecule has 0 aromatic carbocycles. The van der Waals surface area contributed by atoms with Crippen LogP contribution >= 0.6 is 0 Å². The van der Waals surface area contributed by atoms with Crippen LogP contribution in [0.5, 0.6) is 0 Å². The van der Waals surface area contributed by atoms with Crippen molar-refractivity contribution in [3.63, 3.8) is 0 Å². The Bertz CT molecular complexity index is 119. The van der Waals surface area contributed by atoms with Gasteiger partial charge < -0.3 is 10.1 Å². The van der Waals surface area contributed by atoms with Crippen molar-refractivity contribution in [1.82, 2.24) is 5.32 Å². The normalized spacial score (nSPS) is 18.8. The van der Waals surface area contributed by atoms with E-state index in [9.17, 15) is 0 Å². The molecule has 0 atom stereocenters. The van der Waals surface area contributed by atoms with E-state index < -0.39 is 0 Å². The second kappa shape index (κ2) is 3.55. The van der Waals surface area contributed by atoms with E-state index in [1.807, 2.05) is 0 Å². The summed E-state index contributed by atoms with van der Waals surface area (Å²) in [5, 5.41) is 3.50. The molecule has 1 rings (SSSR count). The first-order chi connectivity index (χ1) is 5.14. The molecule has 0 radical (unpaired) electrons. The van der Waals surface area contributed by atoms with Crippen molar-refractivity contribution in [3.05, 3.63) is 0 Å². The molecule has 2 nitrogen and oxygen atoms in total. The molecule has 66 valence electrons. The largest absolute Gasteiger partial charge is 0.384 e. The van der Waals surface area contributed by atoms with E-state index in [1.54, 1.807) is 7.11 Å². The first-order valence-electron chi connectivity index (χ1n) is 4.36. The minimum atomic E-state index is 0.289. The van der Waals surface area contributed by atoms with E-state index in [2.05, 4.69) is 19.2 Å². The lowest BCUT2D eigenvalue weighted by atomic mass is 9.95. The fourth-order valence-corrected chi connectivity index (χ4v) is 1.15. The van der Waals surface area contributed by atoms with Gasteiger partial charge in [0.2, 0.25) is 0 Å². The van der Waals surface area contributed by atoms with Crippen molar-refractivity contribution in [2.24, 2.45) is 5.41 Å². The Morgan fingerprint density at radius 3 is 2.55 bits per heavy atom. The summed E-state index contributed by atoms with van der Waals surface area (Å²) < 4.78 is 5.12. The number of ether oxygens (including phenoxy) is 1. The second-order valence-corrected chi connectivity index (χ2v) is 4.25. The maximum atomic E-state index is 5.12. The Morgan fingerprint density at radius 2 is 2.09 bits per heavy atom. The second-order valence-electron chi connectivity index (χ2n) is 4.25. The van der Waals surface area contributed by atoms with Crippen LogP contribution in [-0.2, 0) is 4.74 Å². The number of rotatable bonds is 5. The molecular weight excluding hydrogens is 138 g/mol. The summed E-state index contributed by atoms with van der Waals surface area (Å²) in [4.78, 5) is 0. The highest BCUT2D eigenvalue weighted by atomic mass is 16.5. The summed E-state index contributed by atoms with van der Waals surface area (Å²) in [5.41, 5.74) is 0.289. The SMILES string of the molecule is COCC(C)(C)CNC1CC1. The minimum Gasteiger partial charge on any atom is -0.384 e. The average molecular weight is 157 g/mol. The quantitative estimate of drug-likeness (QED) is 0.651. The zero-order valence-corrected chi connectivity index (χ0v) is 7.81. The monoisotopic (exact) mass is 157 g/mol. The van der Waals surface area contributed by atoms with Gasteiger partial charge in [-0.1, -0.05) is 13.8 Å². The Kier molecular flexibility index (Phi) is 2.90. The molecular formula is C9H19NO. The summed E-state index contributed by atoms with van der Waals surface area (Å²) in [6.45, 7) is 6.37. The molecule has 11 heavy (non-hydrogen) atoms. The highest BCUT2D eigenvalue weighted by Crippen LogP contribution is 2.21. The molecule has 0 unspecified atom stereocenters. The van der Waals surface area contributed by atoms with Crippen molar-refractivity contribution >= 4 is 0 Å². The predicted molar refractivity (Wildman–Crippen MR) is 46.7 cm³/mol. The number of hydrogen-bond acceptors (Lipinski definition) is 2. The van der Waals surface area contributed by atoms with Crippen LogP contribution in [0, 0.1) is 5.41 Å². The highest BCUT2D eigenvalue weighted by Gasteiger charge is 2.24. The molecule has 0 heterocycles. The molecule has 0 spiro atoms. The highest BCUT2D eigenvalue weighted by molar-refractivity contribution is 4.83. The molecule has 0 aliphatic heterocycles. The molecule has 2 heteroatoms. The molecule has 1 saturated carbocycles. The van der Waals surface area contributed by atoms with Gasteiger partial charge >= 0.3 is 0 Å². The van der Waals surface area contributed by atoms with Gasteiger partial charge in [-0.05, 0) is 12.8 Å². The molecule has 0 aromatic rings. The smallest absolute Gasteiger partial charge is 0.0525 e. The molecule has 0 bridgehead atoms. The maximum absolute atomic E-state index is 5.12. The van der Waals surface area contributed by atoms with Gasteiger partial charge in [0.15, 0.2) is 0 Å². The van der Waals surface area contributed by atoms with E-state index in [4.69, 9.17) is 4.74 Å². The molecule has 0 saturated heterocycles. The van der Waals surface area contributed by atoms with E-state index in [0.29, 0.717) is 0 Å². The third kappa shape index (κ3) is 3.73. The Balaban J connectivity index is 2.09. The molecule has 0 aromatic heterocycles. The predicted octanol–water partition coefficient (Wildman–Crippen LogP) is 1.41. The molecule has 1 N–H and O–H groups in total. The zero-order valence-electron chi connectivity index (χ0n) is 7.81. The summed E-state index contributed by atoms with van der Waals surface area (Å²) in [6.07, 6.45) is 2.73. The van der Waals surface area contributed by atoms with Crippen LogP contribution < -0.4 is 5.32 Å². The van der Waals surface area contributed by atoms with E-state index in [-0.39, 0.29) is 5.41 Å². The first kappa shape index (κ1) is 9.01. The number of hydrogen-bond donors (Lipinski definition) is 1. The van der Waals surface area contributed by atoms with E-state index in [1.165, 1.54) is 12.8 Å². The Morgan fingerprint density at radius 1 is 1.45 bits per heavy atom. The summed E-state index contributed by atoms with van der Waals surface area (Å²) in [6, 6.07) is 0.811. The van der Waals surface area contributed by atoms with E-state index in [0.717, 1.165) is 19.2 Å². The van der Waals surface area contributed by atoms with Crippen LogP contribution in [0.2, 0.25) is 0 Å². The fourth-order valence-electron chi connectivity index (χ4n) is 1.15. The van der Waals surface area contributed by atoms with Crippen LogP contribution in [0.3, 0.4) is 0 Å². The van der Waals surface area contributed by atoms with Crippen molar-refractivity contribution in [1.29, 1.82) is 0 Å². The molecule has 1 aliphatic carbocycles. The van der Waals surface area contributed by atoms with Crippen LogP contribution in [0.25, 0.3) is 0 Å². The van der Waals surface area contributed by atoms with Crippen molar-refractivity contribution in [2.45, 2.75) is 32.7 Å². The summed E-state index contributed by atoms with van der Waals surface area (Å²) in [5.74, 6) is 0. The van der Waals surface area contributed by atoms with Crippen LogP contribution in [0.4, 0.5) is 0 Å². The molecule has 0 amide bonds. The van der Waals surface area contributed by atoms with Crippen molar-refractivity contribution in [2.75, 3.05) is 20.3 Å². The Labute approximate surface area is 69.3 Å². The summed E-state index contributed by atoms with van der Waals surface area (Å²) >= 11 is 0. The third-order valence-electron chi connectivity index (χ3n) is 1.98. The van der Waals surface area contributed by atoms with Gasteiger partial charge in [0, 0.05) is 25.1 Å². The number of methoxy groups -OCH3 is 1. The van der Waals surface area contributed by atoms with Crippen molar-refractivity contribution in [3.8, 4) is 0 Å². The van der Waals surface area contributed by atoms with Crippen molar-refractivity contribution < 1.29 is 4.74 Å². The topological polar surface area (TPSA) is 21.3 Å². The number of nitrogens with one attached hydrogen (secondary N) is 1. The van der Waals surface area contributed by atoms with Gasteiger partial charge in [-0.15, -0.1) is 0 Å². The lowest BCUT2D eigenvalue weighted by Crippen LogP contribution is -2.34. The lowest BCUT2D eigenvalue weighted by molar-refractivity contribution is 0.103. The third-order valence-corrected chi connectivity index (χ3v) is 1.98. The summed E-state index contributed by atoms with van der Waals surface area (Å²) in [7, 11) is 1.76. The van der Waals surface area contributed by atoms with E-state index >= 15 is 0 Å². The van der Waals surface area contributed by atoms with Gasteiger partial charge in [0.1, 0.15) is 0 Å². The van der Waals surface area contributed by atoms with Gasteiger partial charge in [0.25, 0.3) is 0 Å². The lowest BCUT2D eigenvalue weighted by Gasteiger charge is -2.23. The standard InChI is InChI=1S/C9H19NO/c1-9(2,7-11-3)6-10-8-4-5-8/h8,10H,4-7H2,1-3H3. The van der Waals surface area contributed by atoms with Gasteiger partial charge in [-0.2, -0.15) is 0 Å². The Hall–Kier alpha value is -0.0800. The zero-order chi connectivity index (χ0) is 8.32. The first-order valence-corrected chi connectivity index (χ1v) is 4.36. The van der Waals surface area contributed by atoms with Gasteiger partial charge in [0.05, 0.1) is 6.61 Å². The van der Waals surface area contributed by atoms with Crippen LogP contribution in [0.15, 0.2) is 0 Å². The molecule has 1 fully saturated rings. The van der Waals surface area contributed by atoms with Gasteiger partial charge in [-0.3, -0.25) is 0 Å². The van der Waals surface area contributed by atoms with Crippen LogP contribution in [0.1, 0.15) is 26.7 Å². The van der Waals surface area contributed by atoms with Crippen LogP contribution in [-0.4, -0.2) is 26.3 Å². The maximum Gasteiger partial charge on any atom is 0.0525 e. The molecule has 1 aliphatic rings. The average Bonchev–Trinajstić information content (AvgIpc) is 2.65. The minimum absolute atomic E-state index is 0.289. The van der Waals surface area contributed by atoms with Gasteiger partial charge in [-0.25, -0.2) is 0 Å². The fraction of sp³-hybridized carbons (Fsp3) is 1.00.